The number of aromatic nitrogens is 2. The lowest BCUT2D eigenvalue weighted by atomic mass is 10.1. The van der Waals surface area contributed by atoms with Crippen LogP contribution >= 0.6 is 11.8 Å². The minimum Gasteiger partial charge on any atom is -0.353 e. The molecule has 0 aliphatic carbocycles. The van der Waals surface area contributed by atoms with Gasteiger partial charge < -0.3 is 15.2 Å². The Labute approximate surface area is 117 Å². The van der Waals surface area contributed by atoms with Crippen LogP contribution in [-0.2, 0) is 17.0 Å². The van der Waals surface area contributed by atoms with E-state index in [1.165, 1.54) is 0 Å². The average molecular weight is 284 g/mol. The summed E-state index contributed by atoms with van der Waals surface area (Å²) in [6.45, 7) is 5.80. The maximum absolute atomic E-state index is 11.6. The van der Waals surface area contributed by atoms with Gasteiger partial charge in [-0.15, -0.1) is 0 Å². The second-order valence-electron chi connectivity index (χ2n) is 4.64. The van der Waals surface area contributed by atoms with Crippen molar-refractivity contribution in [1.29, 1.82) is 0 Å². The molecule has 1 fully saturated rings. The summed E-state index contributed by atoms with van der Waals surface area (Å²) in [5, 5.41) is 10.5. The molecule has 2 atom stereocenters. The van der Waals surface area contributed by atoms with Gasteiger partial charge in [-0.2, -0.15) is 16.7 Å². The van der Waals surface area contributed by atoms with E-state index in [4.69, 9.17) is 4.52 Å². The predicted octanol–water partition coefficient (Wildman–Crippen LogP) is 0.732. The predicted molar refractivity (Wildman–Crippen MR) is 73.9 cm³/mol. The topological polar surface area (TPSA) is 80.0 Å². The molecule has 1 saturated heterocycles. The first-order valence-corrected chi connectivity index (χ1v) is 7.68. The average Bonchev–Trinajstić information content (AvgIpc) is 2.86. The monoisotopic (exact) mass is 284 g/mol. The van der Waals surface area contributed by atoms with Crippen molar-refractivity contribution in [2.75, 3.05) is 13.1 Å². The highest BCUT2D eigenvalue weighted by atomic mass is 32.2. The van der Waals surface area contributed by atoms with Crippen LogP contribution in [0.25, 0.3) is 0 Å². The Bertz CT molecular complexity index is 424. The van der Waals surface area contributed by atoms with Crippen LogP contribution in [0.2, 0.25) is 0 Å². The minimum absolute atomic E-state index is 0.0000183. The van der Waals surface area contributed by atoms with E-state index in [9.17, 15) is 4.79 Å². The van der Waals surface area contributed by atoms with Gasteiger partial charge in [-0.1, -0.05) is 19.0 Å². The number of nitrogens with zero attached hydrogens (tertiary/aromatic N) is 2. The highest BCUT2D eigenvalue weighted by Crippen LogP contribution is 2.18. The second-order valence-corrected chi connectivity index (χ2v) is 6.06. The number of amides is 1. The molecule has 1 aromatic rings. The number of carbonyl (C=O) groups is 1. The molecule has 6 nitrogen and oxygen atoms in total. The molecule has 0 spiro atoms. The Hall–Kier alpha value is -1.08. The third-order valence-electron chi connectivity index (χ3n) is 3.09. The number of carbonyl (C=O) groups excluding carboxylic acids is 1. The van der Waals surface area contributed by atoms with E-state index >= 15 is 0 Å². The normalized spacial score (nSPS) is 21.2. The van der Waals surface area contributed by atoms with E-state index in [0.717, 1.165) is 18.7 Å². The molecule has 0 bridgehead atoms. The Morgan fingerprint density at radius 1 is 1.53 bits per heavy atom. The van der Waals surface area contributed by atoms with Crippen LogP contribution in [-0.4, -0.2) is 40.4 Å². The van der Waals surface area contributed by atoms with E-state index in [2.05, 4.69) is 34.6 Å². The lowest BCUT2D eigenvalue weighted by Crippen LogP contribution is -2.53. The smallest absolute Gasteiger partial charge is 0.237 e. The van der Waals surface area contributed by atoms with Crippen molar-refractivity contribution >= 4 is 17.7 Å². The van der Waals surface area contributed by atoms with E-state index < -0.39 is 0 Å². The molecule has 0 aromatic carbocycles. The molecule has 106 valence electrons. The van der Waals surface area contributed by atoms with Crippen LogP contribution in [0.15, 0.2) is 4.52 Å². The molecule has 1 aliphatic heterocycles. The molecule has 0 radical (unpaired) electrons. The Balaban J connectivity index is 1.84. The van der Waals surface area contributed by atoms with Gasteiger partial charge in [0.1, 0.15) is 0 Å². The molecule has 0 saturated carbocycles. The zero-order chi connectivity index (χ0) is 13.7. The molecule has 2 N–H and O–H groups in total. The maximum Gasteiger partial charge on any atom is 0.237 e. The lowest BCUT2D eigenvalue weighted by Gasteiger charge is -2.21. The van der Waals surface area contributed by atoms with E-state index in [0.29, 0.717) is 29.9 Å². The summed E-state index contributed by atoms with van der Waals surface area (Å²) in [7, 11) is 0. The van der Waals surface area contributed by atoms with Crippen LogP contribution in [0.5, 0.6) is 0 Å². The van der Waals surface area contributed by atoms with Crippen LogP contribution in [0.1, 0.15) is 32.0 Å². The van der Waals surface area contributed by atoms with Gasteiger partial charge in [0, 0.05) is 18.3 Å². The zero-order valence-electron chi connectivity index (χ0n) is 11.3. The molecule has 1 aliphatic rings. The summed E-state index contributed by atoms with van der Waals surface area (Å²) in [5.74, 6) is 1.98. The Morgan fingerprint density at radius 3 is 3.11 bits per heavy atom. The standard InChI is InChI=1S/C12H20N4O2S/c1-3-8(2)19-7-10-15-11(18-16-10)6-9-12(17)14-5-4-13-9/h8-9,13H,3-7H2,1-2H3,(H,14,17). The number of hydrogen-bond donors (Lipinski definition) is 2. The largest absolute Gasteiger partial charge is 0.353 e. The van der Waals surface area contributed by atoms with Gasteiger partial charge >= 0.3 is 0 Å². The fourth-order valence-electron chi connectivity index (χ4n) is 1.75. The number of thioether (sulfide) groups is 1. The van der Waals surface area contributed by atoms with Crippen molar-refractivity contribution in [1.82, 2.24) is 20.8 Å². The Morgan fingerprint density at radius 2 is 2.37 bits per heavy atom. The van der Waals surface area contributed by atoms with Gasteiger partial charge in [-0.25, -0.2) is 0 Å². The number of piperazine rings is 1. The van der Waals surface area contributed by atoms with E-state index in [1.54, 1.807) is 0 Å². The molecule has 19 heavy (non-hydrogen) atoms. The first-order chi connectivity index (χ1) is 9.19. The summed E-state index contributed by atoms with van der Waals surface area (Å²) < 4.78 is 5.19. The van der Waals surface area contributed by atoms with Crippen molar-refractivity contribution in [2.45, 2.75) is 43.7 Å². The van der Waals surface area contributed by atoms with Crippen molar-refractivity contribution in [2.24, 2.45) is 0 Å². The molecule has 1 amide bonds. The quantitative estimate of drug-likeness (QED) is 0.802. The molecular weight excluding hydrogens is 264 g/mol. The first-order valence-electron chi connectivity index (χ1n) is 6.63. The number of rotatable bonds is 6. The van der Waals surface area contributed by atoms with Crippen LogP contribution < -0.4 is 10.6 Å². The van der Waals surface area contributed by atoms with Crippen molar-refractivity contribution in [3.05, 3.63) is 11.7 Å². The van der Waals surface area contributed by atoms with Crippen molar-refractivity contribution < 1.29 is 9.32 Å². The SMILES string of the molecule is CCC(C)SCc1noc(CC2NCCNC2=O)n1. The van der Waals surface area contributed by atoms with Gasteiger partial charge in [-0.3, -0.25) is 4.79 Å². The summed E-state index contributed by atoms with van der Waals surface area (Å²) in [6, 6.07) is -0.260. The summed E-state index contributed by atoms with van der Waals surface area (Å²) in [4.78, 5) is 15.9. The minimum atomic E-state index is -0.260. The highest BCUT2D eigenvalue weighted by molar-refractivity contribution is 7.99. The van der Waals surface area contributed by atoms with Crippen LogP contribution in [0, 0.1) is 0 Å². The molecule has 1 aromatic heterocycles. The fraction of sp³-hybridized carbons (Fsp3) is 0.750. The van der Waals surface area contributed by atoms with Gasteiger partial charge in [0.05, 0.1) is 18.2 Å². The molecular formula is C12H20N4O2S. The van der Waals surface area contributed by atoms with Crippen LogP contribution in [0.3, 0.4) is 0 Å². The summed E-state index contributed by atoms with van der Waals surface area (Å²) in [5.41, 5.74) is 0. The molecule has 7 heteroatoms. The third-order valence-corrected chi connectivity index (χ3v) is 4.42. The maximum atomic E-state index is 11.6. The molecule has 2 rings (SSSR count). The summed E-state index contributed by atoms with van der Waals surface area (Å²) >= 11 is 1.81. The Kier molecular flexibility index (Phi) is 5.21. The first kappa shape index (κ1) is 14.3. The van der Waals surface area contributed by atoms with Gasteiger partial charge in [-0.05, 0) is 6.42 Å². The number of nitrogens with one attached hydrogen (secondary N) is 2. The third kappa shape index (κ3) is 4.21. The van der Waals surface area contributed by atoms with Crippen molar-refractivity contribution in [3.63, 3.8) is 0 Å². The molecule has 2 unspecified atom stereocenters. The van der Waals surface area contributed by atoms with Gasteiger partial charge in [0.2, 0.25) is 11.8 Å². The fourth-order valence-corrected chi connectivity index (χ4v) is 2.54. The molecule has 2 heterocycles. The second kappa shape index (κ2) is 6.91. The van der Waals surface area contributed by atoms with Crippen molar-refractivity contribution in [3.8, 4) is 0 Å². The zero-order valence-corrected chi connectivity index (χ0v) is 12.1. The van der Waals surface area contributed by atoms with E-state index in [-0.39, 0.29) is 11.9 Å². The summed E-state index contributed by atoms with van der Waals surface area (Å²) in [6.07, 6.45) is 1.58. The van der Waals surface area contributed by atoms with Gasteiger partial charge in [0.25, 0.3) is 0 Å². The number of hydrogen-bond acceptors (Lipinski definition) is 6. The van der Waals surface area contributed by atoms with Crippen LogP contribution in [0.4, 0.5) is 0 Å². The van der Waals surface area contributed by atoms with Gasteiger partial charge in [0.15, 0.2) is 5.82 Å². The highest BCUT2D eigenvalue weighted by Gasteiger charge is 2.24. The van der Waals surface area contributed by atoms with E-state index in [1.807, 2.05) is 11.8 Å². The lowest BCUT2D eigenvalue weighted by molar-refractivity contribution is -0.124.